The number of methoxy groups -OCH3 is 1. The number of hydrogen-bond acceptors (Lipinski definition) is 5. The largest absolute Gasteiger partial charge is 0.495 e. The molecular weight excluding hydrogens is 487 g/mol. The molecule has 0 saturated heterocycles. The molecule has 0 unspecified atom stereocenters. The topological polar surface area (TPSA) is 75.7 Å². The van der Waals surface area contributed by atoms with E-state index in [2.05, 4.69) is 5.32 Å². The van der Waals surface area contributed by atoms with E-state index in [1.165, 1.54) is 68.0 Å². The van der Waals surface area contributed by atoms with Gasteiger partial charge in [-0.1, -0.05) is 11.6 Å². The Balaban J connectivity index is 1.60. The lowest BCUT2D eigenvalue weighted by Gasteiger charge is -2.20. The molecule has 0 aliphatic carbocycles. The molecule has 33 heavy (non-hydrogen) atoms. The Morgan fingerprint density at radius 3 is 2.45 bits per heavy atom. The average Bonchev–Trinajstić information content (AvgIpc) is 3.23. The molecule has 10 heteroatoms. The number of carbonyl (C=O) groups excluding carboxylic acids is 1. The third kappa shape index (κ3) is 4.66. The van der Waals surface area contributed by atoms with E-state index in [1.54, 1.807) is 24.3 Å². The zero-order chi connectivity index (χ0) is 23.8. The van der Waals surface area contributed by atoms with Crippen LogP contribution in [-0.4, -0.2) is 28.5 Å². The summed E-state index contributed by atoms with van der Waals surface area (Å²) in [5, 5.41) is 3.63. The maximum absolute atomic E-state index is 13.1. The molecule has 1 aromatic heterocycles. The Kier molecular flexibility index (Phi) is 6.29. The molecule has 4 rings (SSSR count). The standard InChI is InChI=1S/C23H18ClFN2O4S2/c1-27(33(29,30)18-8-9-20(31-2)19(24)13-18)17-7-10-21-14(11-17)12-22(32-21)23(28)26-16-5-3-15(25)4-6-16/h3-13H,1-2H3,(H,26,28). The van der Waals surface area contributed by atoms with E-state index in [0.717, 1.165) is 14.4 Å². The van der Waals surface area contributed by atoms with Crippen LogP contribution in [-0.2, 0) is 10.0 Å². The summed E-state index contributed by atoms with van der Waals surface area (Å²) in [6.07, 6.45) is 0. The lowest BCUT2D eigenvalue weighted by molar-refractivity contribution is 0.103. The van der Waals surface area contributed by atoms with Crippen LogP contribution in [0, 0.1) is 5.82 Å². The van der Waals surface area contributed by atoms with Gasteiger partial charge in [0.25, 0.3) is 15.9 Å². The van der Waals surface area contributed by atoms with Crippen molar-refractivity contribution in [2.45, 2.75) is 4.90 Å². The van der Waals surface area contributed by atoms with Crippen molar-refractivity contribution in [2.75, 3.05) is 23.8 Å². The molecule has 0 spiro atoms. The summed E-state index contributed by atoms with van der Waals surface area (Å²) in [6.45, 7) is 0. The fourth-order valence-corrected chi connectivity index (χ4v) is 5.64. The molecule has 0 atom stereocenters. The first-order chi connectivity index (χ1) is 15.7. The van der Waals surface area contributed by atoms with Gasteiger partial charge in [0, 0.05) is 17.4 Å². The molecule has 4 aromatic rings. The number of benzene rings is 3. The highest BCUT2D eigenvalue weighted by Crippen LogP contribution is 2.33. The van der Waals surface area contributed by atoms with Gasteiger partial charge in [0.1, 0.15) is 11.6 Å². The van der Waals surface area contributed by atoms with Crippen molar-refractivity contribution in [2.24, 2.45) is 0 Å². The van der Waals surface area contributed by atoms with Crippen LogP contribution < -0.4 is 14.4 Å². The summed E-state index contributed by atoms with van der Waals surface area (Å²) >= 11 is 7.37. The minimum absolute atomic E-state index is 0.0283. The number of fused-ring (bicyclic) bond motifs is 1. The molecule has 1 N–H and O–H groups in total. The van der Waals surface area contributed by atoms with E-state index in [9.17, 15) is 17.6 Å². The van der Waals surface area contributed by atoms with Crippen molar-refractivity contribution in [3.63, 3.8) is 0 Å². The molecule has 6 nitrogen and oxygen atoms in total. The van der Waals surface area contributed by atoms with Gasteiger partial charge in [0.05, 0.1) is 27.6 Å². The van der Waals surface area contributed by atoms with Gasteiger partial charge in [-0.15, -0.1) is 11.3 Å². The molecular formula is C23H18ClFN2O4S2. The van der Waals surface area contributed by atoms with Crippen molar-refractivity contribution in [3.8, 4) is 5.75 Å². The average molecular weight is 505 g/mol. The van der Waals surface area contributed by atoms with E-state index >= 15 is 0 Å². The summed E-state index contributed by atoms with van der Waals surface area (Å²) < 4.78 is 46.3. The van der Waals surface area contributed by atoms with Gasteiger partial charge in [-0.05, 0) is 72.1 Å². The van der Waals surface area contributed by atoms with Crippen LogP contribution in [0.1, 0.15) is 9.67 Å². The van der Waals surface area contributed by atoms with Gasteiger partial charge >= 0.3 is 0 Å². The Labute approximate surface area is 199 Å². The second kappa shape index (κ2) is 9.01. The number of nitrogens with one attached hydrogen (secondary N) is 1. The SMILES string of the molecule is COc1ccc(S(=O)(=O)N(C)c2ccc3sc(C(=O)Nc4ccc(F)cc4)cc3c2)cc1Cl. The highest BCUT2D eigenvalue weighted by molar-refractivity contribution is 7.92. The van der Waals surface area contributed by atoms with Crippen LogP contribution in [0.25, 0.3) is 10.1 Å². The molecule has 1 heterocycles. The van der Waals surface area contributed by atoms with Gasteiger partial charge in [0.15, 0.2) is 0 Å². The lowest BCUT2D eigenvalue weighted by Crippen LogP contribution is -2.26. The molecule has 1 amide bonds. The second-order valence-corrected chi connectivity index (χ2v) is 10.5. The molecule has 0 saturated carbocycles. The number of ether oxygens (including phenoxy) is 1. The Morgan fingerprint density at radius 1 is 1.06 bits per heavy atom. The first-order valence-electron chi connectivity index (χ1n) is 9.62. The number of halogens is 2. The smallest absolute Gasteiger partial charge is 0.265 e. The summed E-state index contributed by atoms with van der Waals surface area (Å²) in [5.74, 6) is -0.346. The molecule has 0 radical (unpaired) electrons. The number of carbonyl (C=O) groups is 1. The first kappa shape index (κ1) is 23.0. The lowest BCUT2D eigenvalue weighted by atomic mass is 10.2. The van der Waals surface area contributed by atoms with E-state index in [1.807, 2.05) is 0 Å². The maximum atomic E-state index is 13.1. The molecule has 3 aromatic carbocycles. The monoisotopic (exact) mass is 504 g/mol. The minimum Gasteiger partial charge on any atom is -0.495 e. The third-order valence-corrected chi connectivity index (χ3v) is 8.16. The van der Waals surface area contributed by atoms with Crippen molar-refractivity contribution in [1.29, 1.82) is 0 Å². The summed E-state index contributed by atoms with van der Waals surface area (Å²) in [4.78, 5) is 13.1. The maximum Gasteiger partial charge on any atom is 0.265 e. The van der Waals surface area contributed by atoms with E-state index in [4.69, 9.17) is 16.3 Å². The van der Waals surface area contributed by atoms with Gasteiger partial charge in [-0.2, -0.15) is 0 Å². The van der Waals surface area contributed by atoms with Gasteiger partial charge in [0.2, 0.25) is 0 Å². The molecule has 170 valence electrons. The normalized spacial score (nSPS) is 11.4. The Hall–Kier alpha value is -3.14. The van der Waals surface area contributed by atoms with Crippen molar-refractivity contribution >= 4 is 60.3 Å². The van der Waals surface area contributed by atoms with Crippen molar-refractivity contribution in [1.82, 2.24) is 0 Å². The first-order valence-corrected chi connectivity index (χ1v) is 12.3. The highest BCUT2D eigenvalue weighted by atomic mass is 35.5. The fraction of sp³-hybridized carbons (Fsp3) is 0.0870. The number of nitrogens with zero attached hydrogens (tertiary/aromatic N) is 1. The number of hydrogen-bond donors (Lipinski definition) is 1. The van der Waals surface area contributed by atoms with Gasteiger partial charge in [-0.3, -0.25) is 9.10 Å². The van der Waals surface area contributed by atoms with Crippen LogP contribution >= 0.6 is 22.9 Å². The van der Waals surface area contributed by atoms with Crippen LogP contribution in [0.3, 0.4) is 0 Å². The predicted molar refractivity (Wildman–Crippen MR) is 130 cm³/mol. The van der Waals surface area contributed by atoms with Crippen molar-refractivity contribution < 1.29 is 22.3 Å². The molecule has 0 fully saturated rings. The highest BCUT2D eigenvalue weighted by Gasteiger charge is 2.23. The molecule has 0 aliphatic heterocycles. The van der Waals surface area contributed by atoms with E-state index < -0.39 is 15.8 Å². The third-order valence-electron chi connectivity index (χ3n) is 4.97. The second-order valence-electron chi connectivity index (χ2n) is 7.06. The summed E-state index contributed by atoms with van der Waals surface area (Å²) in [7, 11) is -0.977. The Morgan fingerprint density at radius 2 is 1.79 bits per heavy atom. The molecule has 0 bridgehead atoms. The molecule has 0 aliphatic rings. The number of sulfonamides is 1. The van der Waals surface area contributed by atoms with Crippen LogP contribution in [0.15, 0.2) is 71.6 Å². The van der Waals surface area contributed by atoms with Crippen LogP contribution in [0.2, 0.25) is 5.02 Å². The number of rotatable bonds is 6. The Bertz CT molecular complexity index is 1450. The number of anilines is 2. The number of amides is 1. The van der Waals surface area contributed by atoms with Crippen LogP contribution in [0.4, 0.5) is 15.8 Å². The minimum atomic E-state index is -3.88. The van der Waals surface area contributed by atoms with Crippen molar-refractivity contribution in [3.05, 3.63) is 82.4 Å². The summed E-state index contributed by atoms with van der Waals surface area (Å²) in [6, 6.07) is 16.6. The fourth-order valence-electron chi connectivity index (χ4n) is 3.17. The zero-order valence-corrected chi connectivity index (χ0v) is 19.9. The van der Waals surface area contributed by atoms with Gasteiger partial charge < -0.3 is 10.1 Å². The quantitative estimate of drug-likeness (QED) is 0.361. The van der Waals surface area contributed by atoms with Crippen LogP contribution in [0.5, 0.6) is 5.75 Å². The van der Waals surface area contributed by atoms with Gasteiger partial charge in [-0.25, -0.2) is 12.8 Å². The van der Waals surface area contributed by atoms with E-state index in [0.29, 0.717) is 22.0 Å². The number of thiophene rings is 1. The predicted octanol–water partition coefficient (Wildman–Crippen LogP) is 5.78. The zero-order valence-electron chi connectivity index (χ0n) is 17.5. The van der Waals surface area contributed by atoms with E-state index in [-0.39, 0.29) is 15.8 Å². The summed E-state index contributed by atoms with van der Waals surface area (Å²) in [5.41, 5.74) is 0.904.